The van der Waals surface area contributed by atoms with Crippen molar-refractivity contribution in [1.82, 2.24) is 19.7 Å². The number of ether oxygens (including phenoxy) is 1. The van der Waals surface area contributed by atoms with Gasteiger partial charge in [0, 0.05) is 18.2 Å². The van der Waals surface area contributed by atoms with Crippen molar-refractivity contribution in [2.24, 2.45) is 0 Å². The van der Waals surface area contributed by atoms with E-state index in [1.54, 1.807) is 23.1 Å². The third kappa shape index (κ3) is 3.03. The number of anilines is 1. The van der Waals surface area contributed by atoms with Crippen LogP contribution in [0.2, 0.25) is 0 Å². The lowest BCUT2D eigenvalue weighted by atomic mass is 10.1. The summed E-state index contributed by atoms with van der Waals surface area (Å²) in [4.78, 5) is 21.1. The molecule has 0 aromatic carbocycles. The molecule has 7 nitrogen and oxygen atoms in total. The van der Waals surface area contributed by atoms with E-state index in [4.69, 9.17) is 4.74 Å². The number of thioether (sulfide) groups is 1. The first-order valence-electron chi connectivity index (χ1n) is 8.03. The van der Waals surface area contributed by atoms with Gasteiger partial charge in [-0.2, -0.15) is 16.9 Å². The maximum atomic E-state index is 12.5. The first kappa shape index (κ1) is 15.6. The van der Waals surface area contributed by atoms with Crippen molar-refractivity contribution in [3.05, 3.63) is 45.8 Å². The number of aryl methyl sites for hydroxylation is 2. The molecule has 0 bridgehead atoms. The highest BCUT2D eigenvalue weighted by atomic mass is 32.2. The highest BCUT2D eigenvalue weighted by Crippen LogP contribution is 2.24. The summed E-state index contributed by atoms with van der Waals surface area (Å²) in [5, 5.41) is 7.96. The lowest BCUT2D eigenvalue weighted by molar-refractivity contribution is 0.182. The number of hydrogen-bond donors (Lipinski definition) is 1. The molecule has 4 rings (SSSR count). The number of nitrogens with zero attached hydrogens (tertiary/aromatic N) is 4. The van der Waals surface area contributed by atoms with E-state index in [1.165, 1.54) is 0 Å². The van der Waals surface area contributed by atoms with E-state index in [1.807, 2.05) is 18.7 Å². The van der Waals surface area contributed by atoms with Crippen molar-refractivity contribution >= 4 is 17.6 Å². The van der Waals surface area contributed by atoms with Gasteiger partial charge in [-0.3, -0.25) is 9.78 Å². The van der Waals surface area contributed by atoms with Gasteiger partial charge in [-0.1, -0.05) is 0 Å². The van der Waals surface area contributed by atoms with Crippen LogP contribution >= 0.6 is 11.8 Å². The van der Waals surface area contributed by atoms with Gasteiger partial charge in [-0.25, -0.2) is 9.67 Å². The van der Waals surface area contributed by atoms with Gasteiger partial charge < -0.3 is 10.1 Å². The molecule has 2 aromatic rings. The second-order valence-corrected chi connectivity index (χ2v) is 7.21. The zero-order valence-electron chi connectivity index (χ0n) is 13.4. The Labute approximate surface area is 143 Å². The van der Waals surface area contributed by atoms with Crippen LogP contribution in [0.25, 0.3) is 0 Å². The summed E-state index contributed by atoms with van der Waals surface area (Å²) in [6.07, 6.45) is 4.33. The summed E-state index contributed by atoms with van der Waals surface area (Å²) in [6.45, 7) is 2.88. The number of rotatable bonds is 3. The van der Waals surface area contributed by atoms with Gasteiger partial charge in [-0.05, 0) is 18.2 Å². The van der Waals surface area contributed by atoms with Crippen LogP contribution in [0, 0.1) is 6.92 Å². The Morgan fingerprint density at radius 2 is 2.25 bits per heavy atom. The summed E-state index contributed by atoms with van der Waals surface area (Å²) < 4.78 is 7.19. The van der Waals surface area contributed by atoms with Crippen molar-refractivity contribution < 1.29 is 4.74 Å². The van der Waals surface area contributed by atoms with Crippen LogP contribution in [-0.2, 0) is 16.9 Å². The topological polar surface area (TPSA) is 81.9 Å². The smallest absolute Gasteiger partial charge is 0.267 e. The molecule has 1 fully saturated rings. The minimum atomic E-state index is -0.138. The Morgan fingerprint density at radius 3 is 3.08 bits per heavy atom. The normalized spacial score (nSPS) is 23.0. The minimum absolute atomic E-state index is 0.0526. The lowest BCUT2D eigenvalue weighted by Gasteiger charge is -2.23. The quantitative estimate of drug-likeness (QED) is 0.894. The molecule has 0 spiro atoms. The molecule has 0 radical (unpaired) electrons. The molecule has 1 saturated heterocycles. The first-order chi connectivity index (χ1) is 11.7. The van der Waals surface area contributed by atoms with Gasteiger partial charge in [-0.15, -0.1) is 0 Å². The van der Waals surface area contributed by atoms with E-state index in [9.17, 15) is 4.79 Å². The molecule has 2 aliphatic rings. The summed E-state index contributed by atoms with van der Waals surface area (Å²) >= 11 is 1.85. The third-order valence-electron chi connectivity index (χ3n) is 4.34. The zero-order chi connectivity index (χ0) is 16.5. The predicted octanol–water partition coefficient (Wildman–Crippen LogP) is 1.18. The van der Waals surface area contributed by atoms with Gasteiger partial charge in [0.1, 0.15) is 11.9 Å². The maximum Gasteiger partial charge on any atom is 0.267 e. The number of fused-ring (bicyclic) bond motifs is 1. The molecule has 4 heterocycles. The molecular weight excluding hydrogens is 326 g/mol. The molecule has 1 N–H and O–H groups in total. The number of nitrogens with one attached hydrogen (secondary N) is 1. The largest absolute Gasteiger partial charge is 0.377 e. The van der Waals surface area contributed by atoms with Crippen LogP contribution in [0.5, 0.6) is 0 Å². The highest BCUT2D eigenvalue weighted by Gasteiger charge is 2.32. The molecule has 126 valence electrons. The zero-order valence-corrected chi connectivity index (χ0v) is 14.3. The van der Waals surface area contributed by atoms with Gasteiger partial charge in [0.25, 0.3) is 5.56 Å². The van der Waals surface area contributed by atoms with Crippen molar-refractivity contribution in [3.63, 3.8) is 0 Å². The van der Waals surface area contributed by atoms with E-state index < -0.39 is 0 Å². The van der Waals surface area contributed by atoms with Crippen molar-refractivity contribution in [3.8, 4) is 0 Å². The molecule has 8 heteroatoms. The van der Waals surface area contributed by atoms with Crippen molar-refractivity contribution in [2.75, 3.05) is 24.3 Å². The molecule has 0 amide bonds. The van der Waals surface area contributed by atoms with E-state index in [-0.39, 0.29) is 17.6 Å². The van der Waals surface area contributed by atoms with Crippen molar-refractivity contribution in [1.29, 1.82) is 0 Å². The van der Waals surface area contributed by atoms with Crippen LogP contribution in [0.1, 0.15) is 23.0 Å². The van der Waals surface area contributed by atoms with Crippen LogP contribution in [0.4, 0.5) is 5.82 Å². The van der Waals surface area contributed by atoms with Crippen LogP contribution in [0.15, 0.2) is 23.3 Å². The molecule has 0 saturated carbocycles. The highest BCUT2D eigenvalue weighted by molar-refractivity contribution is 7.98. The summed E-state index contributed by atoms with van der Waals surface area (Å²) in [7, 11) is 0. The van der Waals surface area contributed by atoms with Crippen LogP contribution in [0.3, 0.4) is 0 Å². The van der Waals surface area contributed by atoms with E-state index in [0.717, 1.165) is 34.9 Å². The van der Waals surface area contributed by atoms with Gasteiger partial charge in [0.05, 0.1) is 43.0 Å². The molecular formula is C16H19N5O2S. The molecule has 2 aliphatic heterocycles. The molecule has 2 unspecified atom stereocenters. The minimum Gasteiger partial charge on any atom is -0.377 e. The van der Waals surface area contributed by atoms with Gasteiger partial charge in [0.15, 0.2) is 0 Å². The fraction of sp³-hybridized carbons (Fsp3) is 0.500. The Hall–Kier alpha value is -1.93. The average Bonchev–Trinajstić information content (AvgIpc) is 3.04. The standard InChI is InChI=1S/C16H19N5O2S/c1-10-5-18-15(6-17-10)19-13-7-23-8-14(13)21-16(22)4-11-9-24-3-2-12(11)20-21/h4-6,13-14H,2-3,7-9H2,1H3,(H,18,19). The van der Waals surface area contributed by atoms with E-state index >= 15 is 0 Å². The predicted molar refractivity (Wildman–Crippen MR) is 92.4 cm³/mol. The molecule has 0 aliphatic carbocycles. The Balaban J connectivity index is 1.60. The summed E-state index contributed by atoms with van der Waals surface area (Å²) in [5.74, 6) is 2.61. The number of aromatic nitrogens is 4. The summed E-state index contributed by atoms with van der Waals surface area (Å²) in [5.41, 5.74) is 2.91. The lowest BCUT2D eigenvalue weighted by Crippen LogP contribution is -2.38. The fourth-order valence-corrected chi connectivity index (χ4v) is 4.00. The molecule has 2 aromatic heterocycles. The second kappa shape index (κ2) is 6.52. The Kier molecular flexibility index (Phi) is 4.24. The SMILES string of the molecule is Cc1cnc(NC2COCC2n2nc3c(cc2=O)CSCC3)cn1. The van der Waals surface area contributed by atoms with E-state index in [0.29, 0.717) is 19.0 Å². The Bertz CT molecular complexity index is 792. The Morgan fingerprint density at radius 1 is 1.33 bits per heavy atom. The first-order valence-corrected chi connectivity index (χ1v) is 9.18. The molecule has 24 heavy (non-hydrogen) atoms. The van der Waals surface area contributed by atoms with Crippen molar-refractivity contribution in [2.45, 2.75) is 31.2 Å². The summed E-state index contributed by atoms with van der Waals surface area (Å²) in [6, 6.07) is 1.54. The van der Waals surface area contributed by atoms with Crippen LogP contribution < -0.4 is 10.9 Å². The second-order valence-electron chi connectivity index (χ2n) is 6.10. The third-order valence-corrected chi connectivity index (χ3v) is 5.35. The number of hydrogen-bond acceptors (Lipinski definition) is 7. The average molecular weight is 345 g/mol. The fourth-order valence-electron chi connectivity index (χ4n) is 3.05. The van der Waals surface area contributed by atoms with Gasteiger partial charge in [0.2, 0.25) is 0 Å². The van der Waals surface area contributed by atoms with Crippen LogP contribution in [-0.4, -0.2) is 44.8 Å². The van der Waals surface area contributed by atoms with Gasteiger partial charge >= 0.3 is 0 Å². The monoisotopic (exact) mass is 345 g/mol. The molecule has 2 atom stereocenters. The maximum absolute atomic E-state index is 12.5. The van der Waals surface area contributed by atoms with E-state index in [2.05, 4.69) is 20.4 Å².